The molecule has 12 aromatic carbocycles. The van der Waals surface area contributed by atoms with E-state index in [0.29, 0.717) is 11.1 Å². The van der Waals surface area contributed by atoms with Crippen LogP contribution in [0, 0.1) is 0 Å². The summed E-state index contributed by atoms with van der Waals surface area (Å²) in [6.45, 7) is 13.2. The molecule has 2 aliphatic carbocycles. The summed E-state index contributed by atoms with van der Waals surface area (Å²) < 4.78 is 5.99. The number of phenols is 2. The van der Waals surface area contributed by atoms with E-state index in [0.717, 1.165) is 33.0 Å². The molecule has 0 saturated heterocycles. The Balaban J connectivity index is 0.000000114. The van der Waals surface area contributed by atoms with Gasteiger partial charge in [0, 0.05) is 22.0 Å². The smallest absolute Gasteiger partial charge is 0.128 e. The van der Waals surface area contributed by atoms with E-state index < -0.39 is 0 Å². The van der Waals surface area contributed by atoms with Crippen LogP contribution in [-0.4, -0.2) is 10.2 Å². The minimum Gasteiger partial charge on any atom is -0.507 e. The summed E-state index contributed by atoms with van der Waals surface area (Å²) in [7, 11) is 0. The molecule has 0 radical (unpaired) electrons. The second-order valence-corrected chi connectivity index (χ2v) is 19.9. The molecule has 0 aromatic heterocycles. The number of rotatable bonds is 3. The first kappa shape index (κ1) is 49.6. The predicted octanol–water partition coefficient (Wildman–Crippen LogP) is 19.9. The summed E-state index contributed by atoms with van der Waals surface area (Å²) in [4.78, 5) is 0. The van der Waals surface area contributed by atoms with Gasteiger partial charge in [-0.25, -0.2) is 0 Å². The van der Waals surface area contributed by atoms with E-state index in [4.69, 9.17) is 4.74 Å². The fraction of sp³-hybridized carbons (Fsp3) is 0.111. The van der Waals surface area contributed by atoms with Gasteiger partial charge in [0.05, 0.1) is 0 Å². The second-order valence-electron chi connectivity index (χ2n) is 19.9. The van der Waals surface area contributed by atoms with Crippen molar-refractivity contribution < 1.29 is 14.9 Å². The van der Waals surface area contributed by atoms with Gasteiger partial charge < -0.3 is 14.9 Å². The highest BCUT2D eigenvalue weighted by Crippen LogP contribution is 2.50. The number of phenolic OH excluding ortho intramolecular Hbond substituents is 2. The molecule has 2 aliphatic rings. The van der Waals surface area contributed by atoms with Crippen molar-refractivity contribution in [3.63, 3.8) is 0 Å². The molecule has 0 atom stereocenters. The summed E-state index contributed by atoms with van der Waals surface area (Å²) in [6.07, 6.45) is 0. The Morgan fingerprint density at radius 3 is 0.893 bits per heavy atom. The van der Waals surface area contributed by atoms with E-state index in [1.807, 2.05) is 111 Å². The Labute approximate surface area is 441 Å². The number of benzene rings is 12. The maximum atomic E-state index is 10.4. The number of hydrogen-bond donors (Lipinski definition) is 2. The number of ether oxygens (including phenoxy) is 1. The van der Waals surface area contributed by atoms with Crippen LogP contribution in [0.4, 0.5) is 0 Å². The lowest BCUT2D eigenvalue weighted by atomic mass is 9.82. The predicted molar refractivity (Wildman–Crippen MR) is 318 cm³/mol. The molecule has 0 bridgehead atoms. The van der Waals surface area contributed by atoms with Crippen molar-refractivity contribution in [2.24, 2.45) is 0 Å². The normalized spacial score (nSPS) is 12.7. The maximum Gasteiger partial charge on any atom is 0.128 e. The molecule has 0 unspecified atom stereocenters. The number of hydrogen-bond acceptors (Lipinski definition) is 3. The SMILES string of the molecule is CC.CC1(C)c2ccccc2-c2ccccc21.CC1(C)c2ccccc2-c2ccccc21.Oc1ccc2ccccc2c1-c1c(O)ccc2ccccc12.c1ccc2cc(Oc3ccc4ccccc4c3)ccc2c1. The third kappa shape index (κ3) is 9.74. The first-order chi connectivity index (χ1) is 36.6. The minimum absolute atomic E-state index is 0.160. The molecule has 0 amide bonds. The van der Waals surface area contributed by atoms with Gasteiger partial charge in [0.15, 0.2) is 0 Å². The Kier molecular flexibility index (Phi) is 14.1. The van der Waals surface area contributed by atoms with Crippen LogP contribution < -0.4 is 4.74 Å². The molecule has 75 heavy (non-hydrogen) atoms. The van der Waals surface area contributed by atoms with E-state index in [9.17, 15) is 10.2 Å². The van der Waals surface area contributed by atoms with Gasteiger partial charge in [-0.15, -0.1) is 0 Å². The van der Waals surface area contributed by atoms with Crippen molar-refractivity contribution in [2.45, 2.75) is 52.4 Å². The first-order valence-corrected chi connectivity index (χ1v) is 26.0. The molecular weight excluding hydrogens is 913 g/mol. The average molecular weight is 975 g/mol. The molecule has 0 fully saturated rings. The van der Waals surface area contributed by atoms with Crippen molar-refractivity contribution >= 4 is 43.1 Å². The maximum absolute atomic E-state index is 10.4. The van der Waals surface area contributed by atoms with Gasteiger partial charge in [-0.1, -0.05) is 260 Å². The topological polar surface area (TPSA) is 49.7 Å². The van der Waals surface area contributed by atoms with Crippen LogP contribution >= 0.6 is 0 Å². The van der Waals surface area contributed by atoms with E-state index in [1.165, 1.54) is 66.1 Å². The molecular formula is C72H62O3. The standard InChI is InChI=1S/C20H14O2.C20H14O.2C15H14.C2H6/c21-17-11-9-13-5-1-3-7-15(13)19(17)20-16-8-4-2-6-14(16)10-12-18(20)22;1-3-7-17-13-19(11-9-15(17)5-1)21-20-12-10-16-6-2-4-8-18(16)14-20;2*1-15(2)13-9-5-3-7-11(13)12-8-4-6-10-14(12)15;1-2/h1-12,21-22H;1-14H;2*3-10H,1-2H3;1-2H3. The molecule has 3 nitrogen and oxygen atoms in total. The van der Waals surface area contributed by atoms with Gasteiger partial charge in [-0.2, -0.15) is 0 Å². The Hall–Kier alpha value is -8.92. The minimum atomic E-state index is 0.160. The fourth-order valence-corrected chi connectivity index (χ4v) is 11.0. The first-order valence-electron chi connectivity index (χ1n) is 26.0. The highest BCUT2D eigenvalue weighted by Gasteiger charge is 2.35. The van der Waals surface area contributed by atoms with Crippen molar-refractivity contribution in [3.05, 3.63) is 277 Å². The van der Waals surface area contributed by atoms with Gasteiger partial charge in [-0.05, 0) is 124 Å². The van der Waals surface area contributed by atoms with Crippen LogP contribution in [0.15, 0.2) is 255 Å². The molecule has 3 heteroatoms. The van der Waals surface area contributed by atoms with Crippen LogP contribution in [0.1, 0.15) is 63.8 Å². The Morgan fingerprint density at radius 2 is 0.547 bits per heavy atom. The van der Waals surface area contributed by atoms with Crippen molar-refractivity contribution in [1.82, 2.24) is 0 Å². The Bertz CT molecular complexity index is 3640. The fourth-order valence-electron chi connectivity index (χ4n) is 11.0. The summed E-state index contributed by atoms with van der Waals surface area (Å²) in [5.41, 5.74) is 13.1. The lowest BCUT2D eigenvalue weighted by Gasteiger charge is -2.20. The third-order valence-electron chi connectivity index (χ3n) is 14.7. The Morgan fingerprint density at radius 1 is 0.280 bits per heavy atom. The van der Waals surface area contributed by atoms with Crippen LogP contribution in [-0.2, 0) is 10.8 Å². The lowest BCUT2D eigenvalue weighted by Crippen LogP contribution is -2.14. The average Bonchev–Trinajstić information content (AvgIpc) is 3.84. The van der Waals surface area contributed by atoms with E-state index in [-0.39, 0.29) is 22.3 Å². The van der Waals surface area contributed by atoms with Crippen molar-refractivity contribution in [3.8, 4) is 56.4 Å². The van der Waals surface area contributed by atoms with E-state index >= 15 is 0 Å². The van der Waals surface area contributed by atoms with E-state index in [2.05, 4.69) is 173 Å². The summed E-state index contributed by atoms with van der Waals surface area (Å²) in [5.74, 6) is 2.07. The van der Waals surface area contributed by atoms with Gasteiger partial charge in [0.1, 0.15) is 23.0 Å². The van der Waals surface area contributed by atoms with Crippen LogP contribution in [0.2, 0.25) is 0 Å². The summed E-state index contributed by atoms with van der Waals surface area (Å²) >= 11 is 0. The number of fused-ring (bicyclic) bond motifs is 10. The molecule has 0 heterocycles. The van der Waals surface area contributed by atoms with Crippen LogP contribution in [0.5, 0.6) is 23.0 Å². The molecule has 12 aromatic rings. The summed E-state index contributed by atoms with van der Waals surface area (Å²) in [6, 6.07) is 86.7. The lowest BCUT2D eigenvalue weighted by molar-refractivity contribution is 0.470. The monoisotopic (exact) mass is 974 g/mol. The van der Waals surface area contributed by atoms with Gasteiger partial charge in [0.2, 0.25) is 0 Å². The quantitative estimate of drug-likeness (QED) is 0.185. The van der Waals surface area contributed by atoms with Crippen molar-refractivity contribution in [1.29, 1.82) is 0 Å². The molecule has 14 rings (SSSR count). The zero-order valence-electron chi connectivity index (χ0n) is 43.6. The molecule has 0 aliphatic heterocycles. The van der Waals surface area contributed by atoms with Crippen molar-refractivity contribution in [2.75, 3.05) is 0 Å². The van der Waals surface area contributed by atoms with Gasteiger partial charge in [-0.3, -0.25) is 0 Å². The molecule has 368 valence electrons. The highest BCUT2D eigenvalue weighted by molar-refractivity contribution is 6.09. The van der Waals surface area contributed by atoms with Crippen LogP contribution in [0.25, 0.3) is 76.5 Å². The van der Waals surface area contributed by atoms with Gasteiger partial charge in [0.25, 0.3) is 0 Å². The number of aromatic hydroxyl groups is 2. The van der Waals surface area contributed by atoms with Gasteiger partial charge >= 0.3 is 0 Å². The largest absolute Gasteiger partial charge is 0.507 e. The second kappa shape index (κ2) is 21.3. The van der Waals surface area contributed by atoms with E-state index in [1.54, 1.807) is 12.1 Å². The molecule has 0 saturated carbocycles. The zero-order valence-corrected chi connectivity index (χ0v) is 43.6. The van der Waals surface area contributed by atoms with Crippen LogP contribution in [0.3, 0.4) is 0 Å². The summed E-state index contributed by atoms with van der Waals surface area (Å²) in [5, 5.41) is 29.6. The molecule has 0 spiro atoms. The third-order valence-corrected chi connectivity index (χ3v) is 14.7. The highest BCUT2D eigenvalue weighted by atomic mass is 16.5. The zero-order chi connectivity index (χ0) is 52.1. The molecule has 2 N–H and O–H groups in total.